The lowest BCUT2D eigenvalue weighted by atomic mass is 10.1. The van der Waals surface area contributed by atoms with Crippen LogP contribution < -0.4 is 14.9 Å². The lowest BCUT2D eigenvalue weighted by molar-refractivity contribution is -0.120. The van der Waals surface area contributed by atoms with Crippen LogP contribution in [0.25, 0.3) is 10.9 Å². The Hall–Kier alpha value is -3.28. The van der Waals surface area contributed by atoms with Gasteiger partial charge in [0.25, 0.3) is 0 Å². The molecule has 2 aromatic carbocycles. The maximum absolute atomic E-state index is 12.1. The van der Waals surface area contributed by atoms with E-state index < -0.39 is 0 Å². The fourth-order valence-electron chi connectivity index (χ4n) is 2.87. The molecule has 0 atom stereocenters. The standard InChI is InChI=1S/C20H21N3O3/c1-23-13-15(16-6-4-5-7-17(16)23)12-21-22-20(24)11-14-8-9-18(25-2)19(10-14)26-3/h4-10,12-13H,11H2,1-3H3,(H,22,24)/b21-12-. The van der Waals surface area contributed by atoms with Crippen LogP contribution in [-0.4, -0.2) is 30.9 Å². The zero-order chi connectivity index (χ0) is 18.5. The van der Waals surface area contributed by atoms with Crippen molar-refractivity contribution in [1.82, 2.24) is 9.99 Å². The first-order valence-corrected chi connectivity index (χ1v) is 8.19. The zero-order valence-corrected chi connectivity index (χ0v) is 15.0. The molecule has 0 aliphatic rings. The molecule has 0 unspecified atom stereocenters. The monoisotopic (exact) mass is 351 g/mol. The fraction of sp³-hybridized carbons (Fsp3) is 0.200. The van der Waals surface area contributed by atoms with Crippen LogP contribution in [0.4, 0.5) is 0 Å². The van der Waals surface area contributed by atoms with Crippen molar-refractivity contribution in [2.24, 2.45) is 12.1 Å². The van der Waals surface area contributed by atoms with Gasteiger partial charge in [0.15, 0.2) is 11.5 Å². The molecule has 1 heterocycles. The van der Waals surface area contributed by atoms with Crippen molar-refractivity contribution in [3.8, 4) is 11.5 Å². The van der Waals surface area contributed by atoms with E-state index in [1.165, 1.54) is 0 Å². The average molecular weight is 351 g/mol. The number of hydrazone groups is 1. The third kappa shape index (κ3) is 3.69. The second kappa shape index (κ2) is 7.74. The predicted molar refractivity (Wildman–Crippen MR) is 102 cm³/mol. The average Bonchev–Trinajstić information content (AvgIpc) is 2.98. The van der Waals surface area contributed by atoms with E-state index in [0.717, 1.165) is 22.0 Å². The molecule has 0 saturated carbocycles. The van der Waals surface area contributed by atoms with Crippen molar-refractivity contribution in [3.05, 3.63) is 59.8 Å². The normalized spacial score (nSPS) is 11.0. The van der Waals surface area contributed by atoms with Crippen LogP contribution >= 0.6 is 0 Å². The van der Waals surface area contributed by atoms with Crippen LogP contribution in [0.3, 0.4) is 0 Å². The van der Waals surface area contributed by atoms with Gasteiger partial charge < -0.3 is 14.0 Å². The van der Waals surface area contributed by atoms with Crippen LogP contribution in [0, 0.1) is 0 Å². The molecule has 1 aromatic heterocycles. The number of hydrogen-bond donors (Lipinski definition) is 1. The molecule has 3 rings (SSSR count). The highest BCUT2D eigenvalue weighted by molar-refractivity contribution is 5.99. The summed E-state index contributed by atoms with van der Waals surface area (Å²) in [6, 6.07) is 13.4. The summed E-state index contributed by atoms with van der Waals surface area (Å²) < 4.78 is 12.5. The first kappa shape index (κ1) is 17.5. The van der Waals surface area contributed by atoms with Gasteiger partial charge in [0.1, 0.15) is 0 Å². The quantitative estimate of drug-likeness (QED) is 0.549. The third-order valence-corrected chi connectivity index (χ3v) is 4.13. The molecule has 0 saturated heterocycles. The number of aryl methyl sites for hydroxylation is 1. The number of methoxy groups -OCH3 is 2. The minimum absolute atomic E-state index is 0.200. The van der Waals surface area contributed by atoms with Gasteiger partial charge in [-0.15, -0.1) is 0 Å². The molecular formula is C20H21N3O3. The Labute approximate surface area is 152 Å². The molecule has 0 bridgehead atoms. The van der Waals surface area contributed by atoms with Gasteiger partial charge in [0.05, 0.1) is 26.9 Å². The molecule has 0 aliphatic heterocycles. The summed E-state index contributed by atoms with van der Waals surface area (Å²) in [7, 11) is 5.12. The number of para-hydroxylation sites is 1. The number of rotatable bonds is 6. The van der Waals surface area contributed by atoms with Crippen molar-refractivity contribution >= 4 is 23.0 Å². The largest absolute Gasteiger partial charge is 0.493 e. The van der Waals surface area contributed by atoms with Crippen molar-refractivity contribution in [3.63, 3.8) is 0 Å². The van der Waals surface area contributed by atoms with Gasteiger partial charge in [-0.2, -0.15) is 5.10 Å². The second-order valence-corrected chi connectivity index (χ2v) is 5.87. The van der Waals surface area contributed by atoms with E-state index in [0.29, 0.717) is 11.5 Å². The number of amides is 1. The Morgan fingerprint density at radius 3 is 2.69 bits per heavy atom. The summed E-state index contributed by atoms with van der Waals surface area (Å²) >= 11 is 0. The van der Waals surface area contributed by atoms with Gasteiger partial charge in [-0.25, -0.2) is 5.43 Å². The van der Waals surface area contributed by atoms with Crippen LogP contribution in [0.2, 0.25) is 0 Å². The van der Waals surface area contributed by atoms with E-state index >= 15 is 0 Å². The molecule has 0 aliphatic carbocycles. The maximum Gasteiger partial charge on any atom is 0.244 e. The lowest BCUT2D eigenvalue weighted by Gasteiger charge is -2.09. The Bertz CT molecular complexity index is 960. The number of benzene rings is 2. The number of hydrogen-bond acceptors (Lipinski definition) is 4. The van der Waals surface area contributed by atoms with Gasteiger partial charge >= 0.3 is 0 Å². The van der Waals surface area contributed by atoms with E-state index in [1.54, 1.807) is 32.6 Å². The van der Waals surface area contributed by atoms with Crippen LogP contribution in [0.5, 0.6) is 11.5 Å². The lowest BCUT2D eigenvalue weighted by Crippen LogP contribution is -2.19. The molecule has 26 heavy (non-hydrogen) atoms. The molecular weight excluding hydrogens is 330 g/mol. The number of carbonyl (C=O) groups is 1. The summed E-state index contributed by atoms with van der Waals surface area (Å²) in [5.74, 6) is 1.02. The number of carbonyl (C=O) groups excluding carboxylic acids is 1. The van der Waals surface area contributed by atoms with Crippen molar-refractivity contribution in [1.29, 1.82) is 0 Å². The predicted octanol–water partition coefficient (Wildman–Crippen LogP) is 2.89. The Morgan fingerprint density at radius 1 is 1.15 bits per heavy atom. The van der Waals surface area contributed by atoms with E-state index in [2.05, 4.69) is 10.5 Å². The Morgan fingerprint density at radius 2 is 1.92 bits per heavy atom. The number of fused-ring (bicyclic) bond motifs is 1. The third-order valence-electron chi connectivity index (χ3n) is 4.13. The number of aromatic nitrogens is 1. The fourth-order valence-corrected chi connectivity index (χ4v) is 2.87. The molecule has 6 nitrogen and oxygen atoms in total. The molecule has 0 spiro atoms. The van der Waals surface area contributed by atoms with Gasteiger partial charge in [-0.05, 0) is 23.8 Å². The first-order chi connectivity index (χ1) is 12.6. The molecule has 134 valence electrons. The highest BCUT2D eigenvalue weighted by atomic mass is 16.5. The molecule has 3 aromatic rings. The summed E-state index contributed by atoms with van der Waals surface area (Å²) in [6.45, 7) is 0. The number of ether oxygens (including phenoxy) is 2. The maximum atomic E-state index is 12.1. The number of nitrogens with one attached hydrogen (secondary N) is 1. The van der Waals surface area contributed by atoms with Crippen molar-refractivity contribution in [2.45, 2.75) is 6.42 Å². The molecule has 0 fully saturated rings. The summed E-state index contributed by atoms with van der Waals surface area (Å²) in [6.07, 6.45) is 3.84. The van der Waals surface area contributed by atoms with E-state index in [1.807, 2.05) is 48.1 Å². The van der Waals surface area contributed by atoms with Crippen molar-refractivity contribution in [2.75, 3.05) is 14.2 Å². The smallest absolute Gasteiger partial charge is 0.244 e. The zero-order valence-electron chi connectivity index (χ0n) is 15.0. The highest BCUT2D eigenvalue weighted by Gasteiger charge is 2.08. The Kier molecular flexibility index (Phi) is 5.22. The minimum Gasteiger partial charge on any atom is -0.493 e. The minimum atomic E-state index is -0.200. The SMILES string of the molecule is COc1ccc(CC(=O)N/N=C\c2cn(C)c3ccccc23)cc1OC. The van der Waals surface area contributed by atoms with E-state index in [-0.39, 0.29) is 12.3 Å². The van der Waals surface area contributed by atoms with Crippen LogP contribution in [-0.2, 0) is 18.3 Å². The molecule has 1 N–H and O–H groups in total. The van der Waals surface area contributed by atoms with Crippen LogP contribution in [0.1, 0.15) is 11.1 Å². The Balaban J connectivity index is 1.66. The van der Waals surface area contributed by atoms with Gasteiger partial charge in [-0.1, -0.05) is 24.3 Å². The molecule has 0 radical (unpaired) electrons. The topological polar surface area (TPSA) is 64.8 Å². The van der Waals surface area contributed by atoms with Gasteiger partial charge in [0.2, 0.25) is 5.91 Å². The second-order valence-electron chi connectivity index (χ2n) is 5.87. The summed E-state index contributed by atoms with van der Waals surface area (Å²) in [5.41, 5.74) is 5.46. The van der Waals surface area contributed by atoms with Gasteiger partial charge in [-0.3, -0.25) is 4.79 Å². The first-order valence-electron chi connectivity index (χ1n) is 8.19. The number of nitrogens with zero attached hydrogens (tertiary/aromatic N) is 2. The van der Waals surface area contributed by atoms with Crippen LogP contribution in [0.15, 0.2) is 53.8 Å². The summed E-state index contributed by atoms with van der Waals surface area (Å²) in [5, 5.41) is 5.17. The van der Waals surface area contributed by atoms with E-state index in [9.17, 15) is 4.79 Å². The summed E-state index contributed by atoms with van der Waals surface area (Å²) in [4.78, 5) is 12.1. The van der Waals surface area contributed by atoms with E-state index in [4.69, 9.17) is 9.47 Å². The van der Waals surface area contributed by atoms with Gasteiger partial charge in [0, 0.05) is 29.7 Å². The molecule has 6 heteroatoms. The van der Waals surface area contributed by atoms with Crippen molar-refractivity contribution < 1.29 is 14.3 Å². The molecule has 1 amide bonds. The highest BCUT2D eigenvalue weighted by Crippen LogP contribution is 2.27.